The van der Waals surface area contributed by atoms with E-state index >= 15 is 0 Å². The molecule has 1 heterocycles. The van der Waals surface area contributed by atoms with Gasteiger partial charge in [-0.25, -0.2) is 0 Å². The standard InChI is InChI=1S/C20H19N3O2S2/c24-18(12-25-17-10-9-15-7-4-8-16(15)11-17)21-19-22-23-20(27-19)26-13-14-5-2-1-3-6-14/h1-3,5-6,9-11H,4,7-8,12-13H2,(H,21,22,24). The Morgan fingerprint density at radius 1 is 1.11 bits per heavy atom. The van der Waals surface area contributed by atoms with E-state index in [0.29, 0.717) is 5.13 Å². The number of amides is 1. The van der Waals surface area contributed by atoms with Crippen LogP contribution in [0.15, 0.2) is 52.9 Å². The molecule has 0 atom stereocenters. The molecule has 1 aliphatic rings. The summed E-state index contributed by atoms with van der Waals surface area (Å²) in [4.78, 5) is 12.1. The molecule has 1 aliphatic carbocycles. The molecule has 5 nitrogen and oxygen atoms in total. The summed E-state index contributed by atoms with van der Waals surface area (Å²) < 4.78 is 6.44. The van der Waals surface area contributed by atoms with Crippen molar-refractivity contribution in [3.05, 3.63) is 65.2 Å². The van der Waals surface area contributed by atoms with E-state index in [-0.39, 0.29) is 12.5 Å². The van der Waals surface area contributed by atoms with E-state index < -0.39 is 0 Å². The molecule has 0 saturated carbocycles. The maximum atomic E-state index is 12.1. The number of hydrogen-bond donors (Lipinski definition) is 1. The molecular formula is C20H19N3O2S2. The fourth-order valence-electron chi connectivity index (χ4n) is 2.98. The average molecular weight is 398 g/mol. The van der Waals surface area contributed by atoms with Crippen molar-refractivity contribution >= 4 is 34.1 Å². The number of ether oxygens (including phenoxy) is 1. The topological polar surface area (TPSA) is 64.1 Å². The van der Waals surface area contributed by atoms with Crippen LogP contribution in [0, 0.1) is 0 Å². The predicted octanol–water partition coefficient (Wildman–Crippen LogP) is 4.34. The van der Waals surface area contributed by atoms with Gasteiger partial charge in [-0.1, -0.05) is 59.5 Å². The van der Waals surface area contributed by atoms with E-state index in [4.69, 9.17) is 4.74 Å². The van der Waals surface area contributed by atoms with Crippen LogP contribution in [0.4, 0.5) is 5.13 Å². The van der Waals surface area contributed by atoms with Crippen LogP contribution in [-0.2, 0) is 23.4 Å². The van der Waals surface area contributed by atoms with Gasteiger partial charge in [0.25, 0.3) is 5.91 Å². The van der Waals surface area contributed by atoms with E-state index in [9.17, 15) is 4.79 Å². The van der Waals surface area contributed by atoms with Crippen molar-refractivity contribution in [2.45, 2.75) is 29.4 Å². The predicted molar refractivity (Wildman–Crippen MR) is 109 cm³/mol. The Bertz CT molecular complexity index is 928. The second kappa shape index (κ2) is 8.54. The molecule has 0 aliphatic heterocycles. The number of nitrogens with one attached hydrogen (secondary N) is 1. The van der Waals surface area contributed by atoms with Gasteiger partial charge in [-0.3, -0.25) is 10.1 Å². The minimum Gasteiger partial charge on any atom is -0.484 e. The van der Waals surface area contributed by atoms with E-state index in [1.165, 1.54) is 34.4 Å². The maximum absolute atomic E-state index is 12.1. The lowest BCUT2D eigenvalue weighted by Gasteiger charge is -2.07. The fraction of sp³-hybridized carbons (Fsp3) is 0.250. The molecule has 0 saturated heterocycles. The zero-order valence-corrected chi connectivity index (χ0v) is 16.3. The summed E-state index contributed by atoms with van der Waals surface area (Å²) in [5, 5.41) is 11.4. The third-order valence-corrected chi connectivity index (χ3v) is 6.34. The van der Waals surface area contributed by atoms with Gasteiger partial charge < -0.3 is 4.74 Å². The van der Waals surface area contributed by atoms with Gasteiger partial charge in [0.1, 0.15) is 5.75 Å². The average Bonchev–Trinajstić information content (AvgIpc) is 3.34. The van der Waals surface area contributed by atoms with Crippen LogP contribution in [0.2, 0.25) is 0 Å². The Kier molecular flexibility index (Phi) is 5.69. The lowest BCUT2D eigenvalue weighted by molar-refractivity contribution is -0.118. The number of fused-ring (bicyclic) bond motifs is 1. The normalized spacial score (nSPS) is 12.6. The van der Waals surface area contributed by atoms with Gasteiger partial charge in [0.05, 0.1) is 0 Å². The van der Waals surface area contributed by atoms with Crippen molar-refractivity contribution < 1.29 is 9.53 Å². The van der Waals surface area contributed by atoms with Crippen LogP contribution in [0.3, 0.4) is 0 Å². The van der Waals surface area contributed by atoms with Crippen molar-refractivity contribution in [1.29, 1.82) is 0 Å². The number of nitrogens with zero attached hydrogens (tertiary/aromatic N) is 2. The first-order valence-corrected chi connectivity index (χ1v) is 10.6. The zero-order valence-electron chi connectivity index (χ0n) is 14.7. The van der Waals surface area contributed by atoms with E-state index in [0.717, 1.165) is 28.7 Å². The highest BCUT2D eigenvalue weighted by Crippen LogP contribution is 2.28. The molecule has 1 N–H and O–H groups in total. The van der Waals surface area contributed by atoms with Crippen molar-refractivity contribution in [3.63, 3.8) is 0 Å². The minimum absolute atomic E-state index is 0.0368. The first-order valence-electron chi connectivity index (χ1n) is 8.81. The largest absolute Gasteiger partial charge is 0.484 e. The second-order valence-corrected chi connectivity index (χ2v) is 8.47. The molecule has 0 spiro atoms. The molecule has 0 bridgehead atoms. The molecule has 1 amide bonds. The summed E-state index contributed by atoms with van der Waals surface area (Å²) in [5.41, 5.74) is 3.95. The van der Waals surface area contributed by atoms with Crippen molar-refractivity contribution in [3.8, 4) is 5.75 Å². The molecule has 0 radical (unpaired) electrons. The van der Waals surface area contributed by atoms with Gasteiger partial charge in [-0.2, -0.15) is 0 Å². The van der Waals surface area contributed by atoms with Crippen molar-refractivity contribution in [1.82, 2.24) is 10.2 Å². The summed E-state index contributed by atoms with van der Waals surface area (Å²) >= 11 is 2.98. The van der Waals surface area contributed by atoms with Gasteiger partial charge in [0.2, 0.25) is 5.13 Å². The fourth-order valence-corrected chi connectivity index (χ4v) is 4.70. The van der Waals surface area contributed by atoms with Gasteiger partial charge in [-0.15, -0.1) is 10.2 Å². The Morgan fingerprint density at radius 2 is 1.96 bits per heavy atom. The van der Waals surface area contributed by atoms with Crippen LogP contribution in [0.25, 0.3) is 0 Å². The second-order valence-electron chi connectivity index (χ2n) is 6.27. The molecule has 27 heavy (non-hydrogen) atoms. The van der Waals surface area contributed by atoms with Gasteiger partial charge >= 0.3 is 0 Å². The number of benzene rings is 2. The molecule has 3 aromatic rings. The number of aromatic nitrogens is 2. The number of thioether (sulfide) groups is 1. The molecule has 4 rings (SSSR count). The first-order chi connectivity index (χ1) is 13.3. The molecule has 0 fully saturated rings. The van der Waals surface area contributed by atoms with Crippen LogP contribution >= 0.6 is 23.1 Å². The summed E-state index contributed by atoms with van der Waals surface area (Å²) in [6, 6.07) is 16.2. The SMILES string of the molecule is O=C(COc1ccc2c(c1)CCC2)Nc1nnc(SCc2ccccc2)s1. The highest BCUT2D eigenvalue weighted by molar-refractivity contribution is 8.00. The third kappa shape index (κ3) is 4.87. The van der Waals surface area contributed by atoms with Crippen molar-refractivity contribution in [2.75, 3.05) is 11.9 Å². The summed E-state index contributed by atoms with van der Waals surface area (Å²) in [6.45, 7) is -0.0368. The van der Waals surface area contributed by atoms with E-state index in [1.807, 2.05) is 30.3 Å². The Hall–Kier alpha value is -2.38. The summed E-state index contributed by atoms with van der Waals surface area (Å²) in [5.74, 6) is 1.33. The number of anilines is 1. The third-order valence-electron chi connectivity index (χ3n) is 4.30. The molecule has 138 valence electrons. The van der Waals surface area contributed by atoms with Crippen molar-refractivity contribution in [2.24, 2.45) is 0 Å². The maximum Gasteiger partial charge on any atom is 0.264 e. The Morgan fingerprint density at radius 3 is 2.85 bits per heavy atom. The highest BCUT2D eigenvalue weighted by Gasteiger charge is 2.13. The number of carbonyl (C=O) groups is 1. The smallest absolute Gasteiger partial charge is 0.264 e. The zero-order chi connectivity index (χ0) is 18.5. The first kappa shape index (κ1) is 18.0. The molecule has 2 aromatic carbocycles. The highest BCUT2D eigenvalue weighted by atomic mass is 32.2. The summed E-state index contributed by atoms with van der Waals surface area (Å²) in [7, 11) is 0. The summed E-state index contributed by atoms with van der Waals surface area (Å²) in [6.07, 6.45) is 3.42. The number of hydrogen-bond acceptors (Lipinski definition) is 6. The number of aryl methyl sites for hydroxylation is 2. The van der Waals surface area contributed by atoms with Crippen LogP contribution in [0.5, 0.6) is 5.75 Å². The molecule has 0 unspecified atom stereocenters. The van der Waals surface area contributed by atoms with Crippen LogP contribution in [0.1, 0.15) is 23.1 Å². The molecular weight excluding hydrogens is 378 g/mol. The molecule has 1 aromatic heterocycles. The monoisotopic (exact) mass is 397 g/mol. The van der Waals surface area contributed by atoms with Gasteiger partial charge in [0.15, 0.2) is 10.9 Å². The van der Waals surface area contributed by atoms with Crippen LogP contribution in [-0.4, -0.2) is 22.7 Å². The Balaban J connectivity index is 1.25. The minimum atomic E-state index is -0.230. The number of rotatable bonds is 7. The van der Waals surface area contributed by atoms with Crippen LogP contribution < -0.4 is 10.1 Å². The Labute approximate surface area is 166 Å². The lowest BCUT2D eigenvalue weighted by Crippen LogP contribution is -2.20. The lowest BCUT2D eigenvalue weighted by atomic mass is 10.1. The van der Waals surface area contributed by atoms with E-state index in [2.05, 4.69) is 33.7 Å². The van der Waals surface area contributed by atoms with Gasteiger partial charge in [-0.05, 0) is 48.1 Å². The van der Waals surface area contributed by atoms with Gasteiger partial charge in [0, 0.05) is 5.75 Å². The molecule has 7 heteroatoms. The quantitative estimate of drug-likeness (QED) is 0.475. The number of carbonyl (C=O) groups excluding carboxylic acids is 1. The van der Waals surface area contributed by atoms with E-state index in [1.54, 1.807) is 11.8 Å².